The molecular weight excluding hydrogens is 330 g/mol. The summed E-state index contributed by atoms with van der Waals surface area (Å²) in [5.41, 5.74) is 2.22. The summed E-state index contributed by atoms with van der Waals surface area (Å²) in [5.74, 6) is 2.04. The SMILES string of the molecule is Cc1nc2ccc(S(=O)(=O)NCc3ccc4c(c3)OCO4)cc2[nH]1. The molecule has 3 aromatic rings. The Hall–Kier alpha value is -2.58. The van der Waals surface area contributed by atoms with Crippen LogP contribution in [-0.4, -0.2) is 25.2 Å². The Morgan fingerprint density at radius 1 is 1.17 bits per heavy atom. The third kappa shape index (κ3) is 2.70. The molecule has 24 heavy (non-hydrogen) atoms. The minimum Gasteiger partial charge on any atom is -0.454 e. The molecule has 0 atom stereocenters. The molecule has 124 valence electrons. The molecule has 2 heterocycles. The molecule has 1 aliphatic rings. The standard InChI is InChI=1S/C16H15N3O4S/c1-10-18-13-4-3-12(7-14(13)19-10)24(20,21)17-8-11-2-5-15-16(6-11)23-9-22-15/h2-7,17H,8-9H2,1H3,(H,18,19). The quantitative estimate of drug-likeness (QED) is 0.755. The van der Waals surface area contributed by atoms with E-state index >= 15 is 0 Å². The third-order valence-electron chi connectivity index (χ3n) is 3.79. The lowest BCUT2D eigenvalue weighted by Crippen LogP contribution is -2.23. The van der Waals surface area contributed by atoms with Gasteiger partial charge < -0.3 is 14.5 Å². The highest BCUT2D eigenvalue weighted by molar-refractivity contribution is 7.89. The first-order valence-electron chi connectivity index (χ1n) is 7.36. The van der Waals surface area contributed by atoms with E-state index in [4.69, 9.17) is 9.47 Å². The van der Waals surface area contributed by atoms with E-state index in [1.807, 2.05) is 6.92 Å². The van der Waals surface area contributed by atoms with E-state index in [-0.39, 0.29) is 18.2 Å². The van der Waals surface area contributed by atoms with Crippen LogP contribution in [-0.2, 0) is 16.6 Å². The first-order valence-corrected chi connectivity index (χ1v) is 8.84. The Bertz CT molecular complexity index is 1030. The first-order chi connectivity index (χ1) is 11.5. The van der Waals surface area contributed by atoms with Gasteiger partial charge in [-0.2, -0.15) is 0 Å². The summed E-state index contributed by atoms with van der Waals surface area (Å²) in [6.45, 7) is 2.18. The maximum Gasteiger partial charge on any atom is 0.240 e. The minimum absolute atomic E-state index is 0.166. The van der Waals surface area contributed by atoms with Crippen LogP contribution in [0, 0.1) is 6.92 Å². The van der Waals surface area contributed by atoms with Crippen LogP contribution in [0.4, 0.5) is 0 Å². The van der Waals surface area contributed by atoms with E-state index < -0.39 is 10.0 Å². The van der Waals surface area contributed by atoms with Crippen molar-refractivity contribution in [2.75, 3.05) is 6.79 Å². The Balaban J connectivity index is 1.55. The van der Waals surface area contributed by atoms with Gasteiger partial charge >= 0.3 is 0 Å². The zero-order valence-corrected chi connectivity index (χ0v) is 13.7. The van der Waals surface area contributed by atoms with E-state index in [1.165, 1.54) is 0 Å². The van der Waals surface area contributed by atoms with Crippen molar-refractivity contribution >= 4 is 21.1 Å². The lowest BCUT2D eigenvalue weighted by molar-refractivity contribution is 0.174. The molecule has 2 aromatic carbocycles. The van der Waals surface area contributed by atoms with Gasteiger partial charge in [0.1, 0.15) is 5.82 Å². The topological polar surface area (TPSA) is 93.3 Å². The molecule has 0 aliphatic carbocycles. The molecular formula is C16H15N3O4S. The van der Waals surface area contributed by atoms with Crippen LogP contribution in [0.25, 0.3) is 11.0 Å². The number of sulfonamides is 1. The number of imidazole rings is 1. The zero-order valence-electron chi connectivity index (χ0n) is 12.9. The number of aromatic nitrogens is 2. The van der Waals surface area contributed by atoms with Crippen molar-refractivity contribution in [3.8, 4) is 11.5 Å². The number of benzene rings is 2. The summed E-state index contributed by atoms with van der Waals surface area (Å²) in [6, 6.07) is 10.2. The van der Waals surface area contributed by atoms with E-state index in [2.05, 4.69) is 14.7 Å². The Morgan fingerprint density at radius 3 is 2.88 bits per heavy atom. The summed E-state index contributed by atoms with van der Waals surface area (Å²) in [5, 5.41) is 0. The van der Waals surface area contributed by atoms with Gasteiger partial charge in [-0.05, 0) is 42.8 Å². The fourth-order valence-electron chi connectivity index (χ4n) is 2.60. The summed E-state index contributed by atoms with van der Waals surface area (Å²) in [4.78, 5) is 7.50. The van der Waals surface area contributed by atoms with Crippen molar-refractivity contribution in [2.45, 2.75) is 18.4 Å². The summed E-state index contributed by atoms with van der Waals surface area (Å²) in [7, 11) is -3.62. The first kappa shape index (κ1) is 15.0. The number of hydrogen-bond donors (Lipinski definition) is 2. The molecule has 0 bridgehead atoms. The number of H-pyrrole nitrogens is 1. The van der Waals surface area contributed by atoms with Crippen LogP contribution in [0.2, 0.25) is 0 Å². The van der Waals surface area contributed by atoms with Gasteiger partial charge in [-0.1, -0.05) is 6.07 Å². The van der Waals surface area contributed by atoms with Crippen molar-refractivity contribution in [1.29, 1.82) is 0 Å². The molecule has 0 saturated heterocycles. The molecule has 0 fully saturated rings. The molecule has 4 rings (SSSR count). The number of aryl methyl sites for hydroxylation is 1. The van der Waals surface area contributed by atoms with E-state index in [0.717, 1.165) is 16.9 Å². The number of rotatable bonds is 4. The Morgan fingerprint density at radius 2 is 2.00 bits per heavy atom. The van der Waals surface area contributed by atoms with Crippen molar-refractivity contribution in [3.63, 3.8) is 0 Å². The maximum absolute atomic E-state index is 12.5. The van der Waals surface area contributed by atoms with Gasteiger partial charge in [-0.3, -0.25) is 0 Å². The van der Waals surface area contributed by atoms with Gasteiger partial charge in [0.2, 0.25) is 16.8 Å². The Labute approximate surface area is 138 Å². The molecule has 0 saturated carbocycles. The number of nitrogens with one attached hydrogen (secondary N) is 2. The third-order valence-corrected chi connectivity index (χ3v) is 5.18. The normalized spacial score (nSPS) is 13.5. The zero-order chi connectivity index (χ0) is 16.7. The molecule has 2 N–H and O–H groups in total. The average molecular weight is 345 g/mol. The molecule has 1 aliphatic heterocycles. The summed E-state index contributed by atoms with van der Waals surface area (Å²) in [6.07, 6.45) is 0. The number of nitrogens with zero attached hydrogens (tertiary/aromatic N) is 1. The summed E-state index contributed by atoms with van der Waals surface area (Å²) >= 11 is 0. The highest BCUT2D eigenvalue weighted by Gasteiger charge is 2.17. The highest BCUT2D eigenvalue weighted by atomic mass is 32.2. The van der Waals surface area contributed by atoms with Gasteiger partial charge in [0.05, 0.1) is 15.9 Å². The van der Waals surface area contributed by atoms with Crippen molar-refractivity contribution in [3.05, 3.63) is 47.8 Å². The van der Waals surface area contributed by atoms with E-state index in [1.54, 1.807) is 36.4 Å². The van der Waals surface area contributed by atoms with E-state index in [9.17, 15) is 8.42 Å². The fourth-order valence-corrected chi connectivity index (χ4v) is 3.64. The van der Waals surface area contributed by atoms with Crippen LogP contribution in [0.5, 0.6) is 11.5 Å². The number of aromatic amines is 1. The maximum atomic E-state index is 12.5. The lowest BCUT2D eigenvalue weighted by atomic mass is 10.2. The molecule has 7 nitrogen and oxygen atoms in total. The largest absolute Gasteiger partial charge is 0.454 e. The van der Waals surface area contributed by atoms with Crippen LogP contribution in [0.15, 0.2) is 41.3 Å². The fraction of sp³-hybridized carbons (Fsp3) is 0.188. The molecule has 0 radical (unpaired) electrons. The van der Waals surface area contributed by atoms with Crippen molar-refractivity contribution in [2.24, 2.45) is 0 Å². The van der Waals surface area contributed by atoms with Gasteiger partial charge in [0.15, 0.2) is 11.5 Å². The summed E-state index contributed by atoms with van der Waals surface area (Å²) < 4.78 is 38.1. The monoisotopic (exact) mass is 345 g/mol. The second-order valence-corrected chi connectivity index (χ2v) is 7.28. The predicted molar refractivity (Wildman–Crippen MR) is 87.4 cm³/mol. The van der Waals surface area contributed by atoms with Crippen LogP contribution >= 0.6 is 0 Å². The van der Waals surface area contributed by atoms with Crippen LogP contribution < -0.4 is 14.2 Å². The molecule has 8 heteroatoms. The Kier molecular flexibility index (Phi) is 3.43. The van der Waals surface area contributed by atoms with Gasteiger partial charge in [-0.25, -0.2) is 18.1 Å². The van der Waals surface area contributed by atoms with Crippen LogP contribution in [0.3, 0.4) is 0 Å². The van der Waals surface area contributed by atoms with Crippen molar-refractivity contribution < 1.29 is 17.9 Å². The molecule has 1 aromatic heterocycles. The molecule has 0 unspecified atom stereocenters. The molecule has 0 spiro atoms. The van der Waals surface area contributed by atoms with E-state index in [0.29, 0.717) is 17.0 Å². The van der Waals surface area contributed by atoms with Gasteiger partial charge in [0.25, 0.3) is 0 Å². The molecule has 0 amide bonds. The second-order valence-electron chi connectivity index (χ2n) is 5.51. The predicted octanol–water partition coefficient (Wildman–Crippen LogP) is 2.08. The number of fused-ring (bicyclic) bond motifs is 2. The van der Waals surface area contributed by atoms with Gasteiger partial charge in [0, 0.05) is 6.54 Å². The number of ether oxygens (including phenoxy) is 2. The van der Waals surface area contributed by atoms with Crippen LogP contribution in [0.1, 0.15) is 11.4 Å². The lowest BCUT2D eigenvalue weighted by Gasteiger charge is -2.07. The second kappa shape index (κ2) is 5.50. The highest BCUT2D eigenvalue weighted by Crippen LogP contribution is 2.32. The smallest absolute Gasteiger partial charge is 0.240 e. The average Bonchev–Trinajstić information content (AvgIpc) is 3.16. The minimum atomic E-state index is -3.62. The number of hydrogen-bond acceptors (Lipinski definition) is 5. The van der Waals surface area contributed by atoms with Crippen molar-refractivity contribution in [1.82, 2.24) is 14.7 Å². The van der Waals surface area contributed by atoms with Gasteiger partial charge in [-0.15, -0.1) is 0 Å².